The van der Waals surface area contributed by atoms with E-state index in [-0.39, 0.29) is 17.3 Å². The van der Waals surface area contributed by atoms with E-state index in [1.807, 2.05) is 0 Å². The van der Waals surface area contributed by atoms with Gasteiger partial charge in [0, 0.05) is 6.07 Å². The molecule has 0 amide bonds. The minimum Gasteiger partial charge on any atom is -0.385 e. The van der Waals surface area contributed by atoms with E-state index in [2.05, 4.69) is 4.98 Å². The van der Waals surface area contributed by atoms with E-state index in [0.717, 1.165) is 10.6 Å². The van der Waals surface area contributed by atoms with E-state index in [4.69, 9.17) is 5.73 Å². The lowest BCUT2D eigenvalue weighted by atomic mass is 10.2. The summed E-state index contributed by atoms with van der Waals surface area (Å²) >= 11 is 0. The summed E-state index contributed by atoms with van der Waals surface area (Å²) in [5.41, 5.74) is 4.29. The number of anilines is 1. The molecular formula is C8H11N3O4S. The van der Waals surface area contributed by atoms with Crippen molar-refractivity contribution in [1.82, 2.24) is 9.55 Å². The molecule has 88 valence electrons. The van der Waals surface area contributed by atoms with Crippen molar-refractivity contribution >= 4 is 15.7 Å². The Labute approximate surface area is 90.8 Å². The van der Waals surface area contributed by atoms with Gasteiger partial charge in [-0.15, -0.1) is 0 Å². The Kier molecular flexibility index (Phi) is 2.38. The molecule has 2 heterocycles. The van der Waals surface area contributed by atoms with Crippen LogP contribution < -0.4 is 17.0 Å². The fraction of sp³-hybridized carbons (Fsp3) is 0.500. The summed E-state index contributed by atoms with van der Waals surface area (Å²) in [4.78, 5) is 24.5. The molecular weight excluding hydrogens is 234 g/mol. The third kappa shape index (κ3) is 1.87. The van der Waals surface area contributed by atoms with Crippen molar-refractivity contribution in [3.8, 4) is 0 Å². The number of sulfone groups is 1. The Bertz CT molecular complexity index is 627. The maximum Gasteiger partial charge on any atom is 0.330 e. The number of nitrogens with one attached hydrogen (secondary N) is 1. The molecule has 1 aromatic heterocycles. The molecule has 1 aliphatic rings. The van der Waals surface area contributed by atoms with Gasteiger partial charge in [-0.25, -0.2) is 13.2 Å². The molecule has 0 aliphatic carbocycles. The molecule has 2 rings (SSSR count). The van der Waals surface area contributed by atoms with E-state index in [1.54, 1.807) is 0 Å². The van der Waals surface area contributed by atoms with Gasteiger partial charge in [0.05, 0.1) is 17.5 Å². The topological polar surface area (TPSA) is 115 Å². The highest BCUT2D eigenvalue weighted by Crippen LogP contribution is 2.23. The molecule has 1 aromatic rings. The van der Waals surface area contributed by atoms with Crippen molar-refractivity contribution in [2.24, 2.45) is 0 Å². The number of H-pyrrole nitrogens is 1. The smallest absolute Gasteiger partial charge is 0.330 e. The summed E-state index contributed by atoms with van der Waals surface area (Å²) in [6.45, 7) is 0. The van der Waals surface area contributed by atoms with Crippen molar-refractivity contribution in [3.05, 3.63) is 26.9 Å². The second-order valence-corrected chi connectivity index (χ2v) is 6.02. The van der Waals surface area contributed by atoms with Crippen molar-refractivity contribution in [2.45, 2.75) is 12.5 Å². The normalized spacial score (nSPS) is 23.4. The van der Waals surface area contributed by atoms with Gasteiger partial charge in [0.25, 0.3) is 5.56 Å². The molecule has 1 unspecified atom stereocenters. The van der Waals surface area contributed by atoms with Crippen LogP contribution in [0.25, 0.3) is 0 Å². The molecule has 0 radical (unpaired) electrons. The summed E-state index contributed by atoms with van der Waals surface area (Å²) in [6, 6.07) is 0.598. The van der Waals surface area contributed by atoms with Crippen LogP contribution in [-0.4, -0.2) is 29.5 Å². The Morgan fingerprint density at radius 1 is 1.44 bits per heavy atom. The van der Waals surface area contributed by atoms with Gasteiger partial charge in [-0.3, -0.25) is 14.3 Å². The van der Waals surface area contributed by atoms with Crippen LogP contribution in [0, 0.1) is 0 Å². The van der Waals surface area contributed by atoms with Crippen LogP contribution in [0.3, 0.4) is 0 Å². The fourth-order valence-corrected chi connectivity index (χ4v) is 3.58. The quantitative estimate of drug-likeness (QED) is 0.623. The fourth-order valence-electron chi connectivity index (χ4n) is 1.88. The average molecular weight is 245 g/mol. The van der Waals surface area contributed by atoms with E-state index < -0.39 is 27.1 Å². The maximum atomic E-state index is 11.5. The molecule has 7 nitrogen and oxygen atoms in total. The van der Waals surface area contributed by atoms with Crippen LogP contribution in [0.15, 0.2) is 15.7 Å². The zero-order chi connectivity index (χ0) is 11.9. The number of hydrogen-bond acceptors (Lipinski definition) is 5. The van der Waals surface area contributed by atoms with Crippen molar-refractivity contribution in [2.75, 3.05) is 17.2 Å². The third-order valence-electron chi connectivity index (χ3n) is 2.58. The first-order valence-electron chi connectivity index (χ1n) is 4.71. The minimum atomic E-state index is -3.09. The van der Waals surface area contributed by atoms with Gasteiger partial charge in [0.15, 0.2) is 9.84 Å². The van der Waals surface area contributed by atoms with Crippen LogP contribution >= 0.6 is 0 Å². The number of aromatic nitrogens is 2. The summed E-state index contributed by atoms with van der Waals surface area (Å²) < 4.78 is 23.7. The Balaban J connectivity index is 2.51. The molecule has 0 bridgehead atoms. The molecule has 1 saturated heterocycles. The number of nitrogens with zero attached hydrogens (tertiary/aromatic N) is 1. The van der Waals surface area contributed by atoms with Gasteiger partial charge < -0.3 is 5.73 Å². The number of nitrogens with two attached hydrogens (primary N) is 1. The highest BCUT2D eigenvalue weighted by atomic mass is 32.2. The molecule has 0 aromatic carbocycles. The van der Waals surface area contributed by atoms with Crippen LogP contribution in [-0.2, 0) is 9.84 Å². The van der Waals surface area contributed by atoms with Gasteiger partial charge in [0.2, 0.25) is 0 Å². The average Bonchev–Trinajstić information content (AvgIpc) is 2.44. The largest absolute Gasteiger partial charge is 0.385 e. The standard InChI is InChI=1S/C8H11N3O4S/c9-6-3-7(12)10-8(13)11(6)5-1-2-16(14,15)4-5/h3,5H,1-2,4,9H2,(H,10,12,13). The third-order valence-corrected chi connectivity index (χ3v) is 4.33. The van der Waals surface area contributed by atoms with Crippen LogP contribution in [0.5, 0.6) is 0 Å². The Hall–Kier alpha value is -1.57. The second kappa shape index (κ2) is 3.48. The lowest BCUT2D eigenvalue weighted by molar-refractivity contribution is 0.533. The SMILES string of the molecule is Nc1cc(=O)[nH]c(=O)n1C1CCS(=O)(=O)C1. The van der Waals surface area contributed by atoms with Gasteiger partial charge in [-0.05, 0) is 6.42 Å². The zero-order valence-electron chi connectivity index (χ0n) is 8.34. The van der Waals surface area contributed by atoms with Crippen LogP contribution in [0.2, 0.25) is 0 Å². The van der Waals surface area contributed by atoms with Gasteiger partial charge in [-0.1, -0.05) is 0 Å². The van der Waals surface area contributed by atoms with Crippen LogP contribution in [0.4, 0.5) is 5.82 Å². The molecule has 8 heteroatoms. The molecule has 3 N–H and O–H groups in total. The first kappa shape index (κ1) is 10.9. The number of hydrogen-bond donors (Lipinski definition) is 2. The zero-order valence-corrected chi connectivity index (χ0v) is 9.16. The monoisotopic (exact) mass is 245 g/mol. The van der Waals surface area contributed by atoms with E-state index >= 15 is 0 Å². The molecule has 1 aliphatic heterocycles. The lowest BCUT2D eigenvalue weighted by Gasteiger charge is -2.13. The van der Waals surface area contributed by atoms with Gasteiger partial charge in [0.1, 0.15) is 5.82 Å². The van der Waals surface area contributed by atoms with E-state index in [0.29, 0.717) is 6.42 Å². The molecule has 1 atom stereocenters. The van der Waals surface area contributed by atoms with Crippen molar-refractivity contribution < 1.29 is 8.42 Å². The summed E-state index contributed by atoms with van der Waals surface area (Å²) in [7, 11) is -3.09. The predicted molar refractivity (Wildman–Crippen MR) is 58.0 cm³/mol. The Morgan fingerprint density at radius 3 is 2.62 bits per heavy atom. The maximum absolute atomic E-state index is 11.5. The first-order chi connectivity index (χ1) is 7.39. The summed E-state index contributed by atoms with van der Waals surface area (Å²) in [5.74, 6) is -0.0675. The number of nitrogen functional groups attached to an aromatic ring is 1. The lowest BCUT2D eigenvalue weighted by Crippen LogP contribution is -2.34. The minimum absolute atomic E-state index is 0.00384. The number of aromatic amines is 1. The Morgan fingerprint density at radius 2 is 2.12 bits per heavy atom. The molecule has 1 fully saturated rings. The summed E-state index contributed by atoms with van der Waals surface area (Å²) in [5, 5.41) is 0. The molecule has 0 saturated carbocycles. The van der Waals surface area contributed by atoms with Gasteiger partial charge >= 0.3 is 5.69 Å². The van der Waals surface area contributed by atoms with Gasteiger partial charge in [-0.2, -0.15) is 0 Å². The van der Waals surface area contributed by atoms with Crippen molar-refractivity contribution in [1.29, 1.82) is 0 Å². The first-order valence-corrected chi connectivity index (χ1v) is 6.53. The predicted octanol–water partition coefficient (Wildman–Crippen LogP) is -1.52. The highest BCUT2D eigenvalue weighted by molar-refractivity contribution is 7.91. The second-order valence-electron chi connectivity index (χ2n) is 3.79. The molecule has 16 heavy (non-hydrogen) atoms. The van der Waals surface area contributed by atoms with E-state index in [1.165, 1.54) is 0 Å². The summed E-state index contributed by atoms with van der Waals surface area (Å²) in [6.07, 6.45) is 0.346. The van der Waals surface area contributed by atoms with Crippen molar-refractivity contribution in [3.63, 3.8) is 0 Å². The molecule has 0 spiro atoms. The van der Waals surface area contributed by atoms with Crippen LogP contribution in [0.1, 0.15) is 12.5 Å². The highest BCUT2D eigenvalue weighted by Gasteiger charge is 2.30. The number of rotatable bonds is 1. The van der Waals surface area contributed by atoms with E-state index in [9.17, 15) is 18.0 Å².